The van der Waals surface area contributed by atoms with E-state index >= 15 is 0 Å². The van der Waals surface area contributed by atoms with Crippen LogP contribution in [0.4, 0.5) is 10.5 Å². The van der Waals surface area contributed by atoms with Gasteiger partial charge in [0.05, 0.1) is 19.0 Å². The SMILES string of the molecule is CON(C)C(=O)Nc1cnccc1C. The first-order chi connectivity index (χ1) is 6.65. The summed E-state index contributed by atoms with van der Waals surface area (Å²) in [6.07, 6.45) is 3.27. The number of hydrogen-bond acceptors (Lipinski definition) is 3. The molecule has 2 amide bonds. The van der Waals surface area contributed by atoms with Gasteiger partial charge in [0.2, 0.25) is 0 Å². The standard InChI is InChI=1S/C9H13N3O2/c1-7-4-5-10-6-8(7)11-9(13)12(2)14-3/h4-6H,1-3H3,(H,11,13). The Balaban J connectivity index is 2.70. The van der Waals surface area contributed by atoms with Crippen LogP contribution in [0, 0.1) is 6.92 Å². The third-order valence-corrected chi connectivity index (χ3v) is 1.84. The number of rotatable bonds is 2. The van der Waals surface area contributed by atoms with Crippen LogP contribution in [0.2, 0.25) is 0 Å². The number of amides is 2. The van der Waals surface area contributed by atoms with Crippen molar-refractivity contribution in [2.24, 2.45) is 0 Å². The zero-order chi connectivity index (χ0) is 10.6. The molecule has 0 radical (unpaired) electrons. The molecule has 0 aromatic carbocycles. The fourth-order valence-corrected chi connectivity index (χ4v) is 0.872. The molecule has 0 saturated carbocycles. The lowest BCUT2D eigenvalue weighted by Gasteiger charge is -2.15. The van der Waals surface area contributed by atoms with Crippen molar-refractivity contribution in [2.45, 2.75) is 6.92 Å². The van der Waals surface area contributed by atoms with E-state index in [0.29, 0.717) is 5.69 Å². The van der Waals surface area contributed by atoms with E-state index in [9.17, 15) is 4.79 Å². The number of urea groups is 1. The average molecular weight is 195 g/mol. The van der Waals surface area contributed by atoms with Gasteiger partial charge in [-0.2, -0.15) is 0 Å². The maximum Gasteiger partial charge on any atom is 0.345 e. The Labute approximate surface area is 82.6 Å². The Bertz CT molecular complexity index is 328. The number of carbonyl (C=O) groups is 1. The second-order valence-electron chi connectivity index (χ2n) is 2.80. The minimum absolute atomic E-state index is 0.330. The maximum absolute atomic E-state index is 11.4. The van der Waals surface area contributed by atoms with Gasteiger partial charge in [-0.05, 0) is 18.6 Å². The van der Waals surface area contributed by atoms with Crippen molar-refractivity contribution in [1.82, 2.24) is 10.0 Å². The van der Waals surface area contributed by atoms with E-state index in [2.05, 4.69) is 10.3 Å². The summed E-state index contributed by atoms with van der Waals surface area (Å²) in [5, 5.41) is 3.76. The molecule has 0 aliphatic rings. The van der Waals surface area contributed by atoms with Crippen LogP contribution in [0.3, 0.4) is 0 Å². The molecule has 1 aromatic heterocycles. The highest BCUT2D eigenvalue weighted by Gasteiger charge is 2.08. The minimum Gasteiger partial charge on any atom is -0.304 e. The highest BCUT2D eigenvalue weighted by atomic mass is 16.7. The summed E-state index contributed by atoms with van der Waals surface area (Å²) in [6.45, 7) is 1.89. The second kappa shape index (κ2) is 4.57. The first-order valence-electron chi connectivity index (χ1n) is 4.14. The van der Waals surface area contributed by atoms with E-state index in [-0.39, 0.29) is 6.03 Å². The van der Waals surface area contributed by atoms with Crippen LogP contribution < -0.4 is 5.32 Å². The summed E-state index contributed by atoms with van der Waals surface area (Å²) in [5.74, 6) is 0. The number of aromatic nitrogens is 1. The van der Waals surface area contributed by atoms with Crippen LogP contribution in [0.15, 0.2) is 18.5 Å². The molecule has 5 heteroatoms. The molecule has 76 valence electrons. The Hall–Kier alpha value is -1.62. The Kier molecular flexibility index (Phi) is 3.41. The highest BCUT2D eigenvalue weighted by molar-refractivity contribution is 5.88. The van der Waals surface area contributed by atoms with Gasteiger partial charge in [0, 0.05) is 13.2 Å². The lowest BCUT2D eigenvalue weighted by atomic mass is 10.2. The van der Waals surface area contributed by atoms with Crippen molar-refractivity contribution in [3.8, 4) is 0 Å². The molecule has 1 aromatic rings. The number of nitrogens with one attached hydrogen (secondary N) is 1. The van der Waals surface area contributed by atoms with Gasteiger partial charge >= 0.3 is 6.03 Å². The molecule has 1 heterocycles. The van der Waals surface area contributed by atoms with Gasteiger partial charge in [0.15, 0.2) is 0 Å². The normalized spacial score (nSPS) is 9.64. The fourth-order valence-electron chi connectivity index (χ4n) is 0.872. The number of anilines is 1. The van der Waals surface area contributed by atoms with E-state index in [1.165, 1.54) is 14.2 Å². The van der Waals surface area contributed by atoms with E-state index in [0.717, 1.165) is 10.6 Å². The molecule has 1 rings (SSSR count). The number of hydroxylamine groups is 2. The van der Waals surface area contributed by atoms with Crippen LogP contribution in [-0.2, 0) is 4.84 Å². The quantitative estimate of drug-likeness (QED) is 0.726. The van der Waals surface area contributed by atoms with Gasteiger partial charge in [-0.1, -0.05) is 0 Å². The highest BCUT2D eigenvalue weighted by Crippen LogP contribution is 2.11. The Morgan fingerprint density at radius 2 is 2.36 bits per heavy atom. The molecule has 1 N–H and O–H groups in total. The summed E-state index contributed by atoms with van der Waals surface area (Å²) in [6, 6.07) is 1.49. The monoisotopic (exact) mass is 195 g/mol. The smallest absolute Gasteiger partial charge is 0.304 e. The van der Waals surface area contributed by atoms with Crippen LogP contribution in [0.1, 0.15) is 5.56 Å². The van der Waals surface area contributed by atoms with Gasteiger partial charge < -0.3 is 5.32 Å². The molecule has 0 saturated heterocycles. The van der Waals surface area contributed by atoms with Crippen molar-refractivity contribution in [1.29, 1.82) is 0 Å². The van der Waals surface area contributed by atoms with E-state index in [1.807, 2.05) is 13.0 Å². The third kappa shape index (κ3) is 2.43. The van der Waals surface area contributed by atoms with E-state index in [1.54, 1.807) is 12.4 Å². The number of nitrogens with zero attached hydrogens (tertiary/aromatic N) is 2. The predicted octanol–water partition coefficient (Wildman–Crippen LogP) is 1.42. The summed E-state index contributed by atoms with van der Waals surface area (Å²) in [4.78, 5) is 20.0. The van der Waals surface area contributed by atoms with Gasteiger partial charge in [-0.25, -0.2) is 9.86 Å². The Morgan fingerprint density at radius 3 is 2.93 bits per heavy atom. The molecule has 0 unspecified atom stereocenters. The van der Waals surface area contributed by atoms with Gasteiger partial charge in [0.1, 0.15) is 0 Å². The number of carbonyl (C=O) groups excluding carboxylic acids is 1. The molecule has 0 aliphatic heterocycles. The fraction of sp³-hybridized carbons (Fsp3) is 0.333. The summed E-state index contributed by atoms with van der Waals surface area (Å²) < 4.78 is 0. The molecule has 0 bridgehead atoms. The lowest BCUT2D eigenvalue weighted by Crippen LogP contribution is -2.30. The van der Waals surface area contributed by atoms with Crippen molar-refractivity contribution in [3.05, 3.63) is 24.0 Å². The second-order valence-corrected chi connectivity index (χ2v) is 2.80. The largest absolute Gasteiger partial charge is 0.345 e. The van der Waals surface area contributed by atoms with Crippen LogP contribution >= 0.6 is 0 Å². The maximum atomic E-state index is 11.4. The lowest BCUT2D eigenvalue weighted by molar-refractivity contribution is -0.0598. The molecule has 0 fully saturated rings. The minimum atomic E-state index is -0.330. The van der Waals surface area contributed by atoms with Gasteiger partial charge in [-0.15, -0.1) is 0 Å². The molecule has 5 nitrogen and oxygen atoms in total. The number of pyridine rings is 1. The van der Waals surface area contributed by atoms with Crippen LogP contribution in [0.25, 0.3) is 0 Å². The predicted molar refractivity (Wildman–Crippen MR) is 52.8 cm³/mol. The van der Waals surface area contributed by atoms with Gasteiger partial charge in [-0.3, -0.25) is 9.82 Å². The topological polar surface area (TPSA) is 54.5 Å². The summed E-state index contributed by atoms with van der Waals surface area (Å²) >= 11 is 0. The zero-order valence-electron chi connectivity index (χ0n) is 8.44. The summed E-state index contributed by atoms with van der Waals surface area (Å²) in [7, 11) is 2.96. The van der Waals surface area contributed by atoms with E-state index in [4.69, 9.17) is 4.84 Å². The van der Waals surface area contributed by atoms with Crippen molar-refractivity contribution < 1.29 is 9.63 Å². The van der Waals surface area contributed by atoms with Crippen LogP contribution in [0.5, 0.6) is 0 Å². The zero-order valence-corrected chi connectivity index (χ0v) is 8.44. The molecule has 0 atom stereocenters. The first kappa shape index (κ1) is 10.5. The molecule has 0 aliphatic carbocycles. The third-order valence-electron chi connectivity index (χ3n) is 1.84. The Morgan fingerprint density at radius 1 is 1.64 bits per heavy atom. The molecular formula is C9H13N3O2. The average Bonchev–Trinajstić information content (AvgIpc) is 2.20. The molecule has 14 heavy (non-hydrogen) atoms. The van der Waals surface area contributed by atoms with E-state index < -0.39 is 0 Å². The van der Waals surface area contributed by atoms with Gasteiger partial charge in [0.25, 0.3) is 0 Å². The molecule has 0 spiro atoms. The number of hydrogen-bond donors (Lipinski definition) is 1. The number of aryl methyl sites for hydroxylation is 1. The van der Waals surface area contributed by atoms with Crippen molar-refractivity contribution in [3.63, 3.8) is 0 Å². The molecular weight excluding hydrogens is 182 g/mol. The van der Waals surface area contributed by atoms with Crippen LogP contribution in [-0.4, -0.2) is 30.2 Å². The first-order valence-corrected chi connectivity index (χ1v) is 4.14. The van der Waals surface area contributed by atoms with Crippen molar-refractivity contribution >= 4 is 11.7 Å². The van der Waals surface area contributed by atoms with Crippen molar-refractivity contribution in [2.75, 3.05) is 19.5 Å². The summed E-state index contributed by atoms with van der Waals surface area (Å²) in [5.41, 5.74) is 1.64.